The minimum atomic E-state index is -5.00. The van der Waals surface area contributed by atoms with Gasteiger partial charge in [-0.3, -0.25) is 0 Å². The fourth-order valence-electron chi connectivity index (χ4n) is 2.54. The van der Waals surface area contributed by atoms with Crippen LogP contribution in [0.15, 0.2) is 59.7 Å². The Bertz CT molecular complexity index is 839. The van der Waals surface area contributed by atoms with E-state index in [9.17, 15) is 23.4 Å². The van der Waals surface area contributed by atoms with E-state index in [1.54, 1.807) is 30.3 Å². The summed E-state index contributed by atoms with van der Waals surface area (Å²) in [5.74, 6) is -0.291. The molecule has 8 heteroatoms. The van der Waals surface area contributed by atoms with Crippen LogP contribution in [0.4, 0.5) is 13.2 Å². The first-order valence-electron chi connectivity index (χ1n) is 7.28. The van der Waals surface area contributed by atoms with Crippen LogP contribution in [-0.4, -0.2) is 37.8 Å². The molecule has 0 radical (unpaired) electrons. The molecule has 130 valence electrons. The summed E-state index contributed by atoms with van der Waals surface area (Å²) in [5, 5.41) is 24.5. The minimum Gasteiger partial charge on any atom is -0.507 e. The van der Waals surface area contributed by atoms with Gasteiger partial charge in [0.1, 0.15) is 10.7 Å². The van der Waals surface area contributed by atoms with Crippen LogP contribution in [-0.2, 0) is 0 Å². The number of nitrogens with zero attached hydrogens (tertiary/aromatic N) is 2. The van der Waals surface area contributed by atoms with Gasteiger partial charge in [0.25, 0.3) is 5.72 Å². The average molecular weight is 366 g/mol. The van der Waals surface area contributed by atoms with Crippen molar-refractivity contribution in [2.45, 2.75) is 18.3 Å². The van der Waals surface area contributed by atoms with E-state index >= 15 is 0 Å². The molecule has 0 aliphatic carbocycles. The summed E-state index contributed by atoms with van der Waals surface area (Å²) < 4.78 is 40.7. The second-order valence-corrected chi connectivity index (χ2v) is 5.92. The lowest BCUT2D eigenvalue weighted by atomic mass is 10.0. The summed E-state index contributed by atoms with van der Waals surface area (Å²) in [6, 6.07) is 13.9. The molecule has 0 aromatic heterocycles. The van der Waals surface area contributed by atoms with Gasteiger partial charge in [-0.1, -0.05) is 54.7 Å². The van der Waals surface area contributed by atoms with E-state index in [4.69, 9.17) is 12.2 Å². The van der Waals surface area contributed by atoms with Crippen molar-refractivity contribution in [3.05, 3.63) is 65.7 Å². The Morgan fingerprint density at radius 1 is 1.08 bits per heavy atom. The van der Waals surface area contributed by atoms with E-state index in [1.807, 2.05) is 0 Å². The predicted octanol–water partition coefficient (Wildman–Crippen LogP) is 3.43. The molecule has 2 N–H and O–H groups in total. The molecule has 1 aliphatic heterocycles. The number of rotatable bonds is 2. The van der Waals surface area contributed by atoms with Crippen molar-refractivity contribution in [3.63, 3.8) is 0 Å². The molecule has 1 heterocycles. The summed E-state index contributed by atoms with van der Waals surface area (Å²) in [7, 11) is 0. The number of aromatic hydroxyl groups is 1. The number of halogens is 3. The Morgan fingerprint density at radius 2 is 1.68 bits per heavy atom. The Kier molecular flexibility index (Phi) is 4.26. The van der Waals surface area contributed by atoms with Crippen molar-refractivity contribution in [2.24, 2.45) is 5.10 Å². The molecule has 2 aromatic carbocycles. The van der Waals surface area contributed by atoms with Crippen LogP contribution in [0.5, 0.6) is 5.75 Å². The number of hydrogen-bond acceptors (Lipinski definition) is 4. The van der Waals surface area contributed by atoms with Crippen molar-refractivity contribution in [2.75, 3.05) is 0 Å². The topological polar surface area (TPSA) is 56.1 Å². The summed E-state index contributed by atoms with van der Waals surface area (Å²) >= 11 is 5.09. The molecule has 0 saturated heterocycles. The number of alkyl halides is 3. The molecule has 25 heavy (non-hydrogen) atoms. The number of hydrazone groups is 1. The monoisotopic (exact) mass is 366 g/mol. The van der Waals surface area contributed by atoms with E-state index in [2.05, 4.69) is 5.10 Å². The van der Waals surface area contributed by atoms with Gasteiger partial charge in [-0.05, 0) is 17.7 Å². The lowest BCUT2D eigenvalue weighted by molar-refractivity contribution is -0.294. The van der Waals surface area contributed by atoms with Crippen LogP contribution in [0, 0.1) is 0 Å². The second kappa shape index (κ2) is 6.12. The number of aliphatic hydroxyl groups is 1. The maximum atomic E-state index is 13.6. The van der Waals surface area contributed by atoms with E-state index < -0.39 is 23.3 Å². The van der Waals surface area contributed by atoms with E-state index in [0.29, 0.717) is 10.6 Å². The zero-order valence-electron chi connectivity index (χ0n) is 12.7. The molecule has 2 aromatic rings. The van der Waals surface area contributed by atoms with Gasteiger partial charge in [-0.2, -0.15) is 18.3 Å². The summed E-state index contributed by atoms with van der Waals surface area (Å²) in [6.07, 6.45) is -5.77. The predicted molar refractivity (Wildman–Crippen MR) is 90.2 cm³/mol. The molecule has 1 atom stereocenters. The maximum Gasteiger partial charge on any atom is 0.438 e. The van der Waals surface area contributed by atoms with Crippen molar-refractivity contribution in [1.29, 1.82) is 0 Å². The highest BCUT2D eigenvalue weighted by Crippen LogP contribution is 2.42. The van der Waals surface area contributed by atoms with Gasteiger partial charge in [0, 0.05) is 0 Å². The number of thiocarbonyl (C=S) groups is 1. The molecule has 0 bridgehead atoms. The van der Waals surface area contributed by atoms with Gasteiger partial charge in [-0.15, -0.1) is 0 Å². The quantitative estimate of drug-likeness (QED) is 0.800. The maximum absolute atomic E-state index is 13.6. The number of benzene rings is 2. The first-order valence-corrected chi connectivity index (χ1v) is 7.69. The zero-order valence-corrected chi connectivity index (χ0v) is 13.6. The lowest BCUT2D eigenvalue weighted by Gasteiger charge is -2.34. The van der Waals surface area contributed by atoms with Crippen molar-refractivity contribution in [3.8, 4) is 5.75 Å². The van der Waals surface area contributed by atoms with Crippen molar-refractivity contribution in [1.82, 2.24) is 5.01 Å². The molecule has 0 fully saturated rings. The molecule has 0 saturated carbocycles. The van der Waals surface area contributed by atoms with Gasteiger partial charge in [0.05, 0.1) is 17.7 Å². The number of hydrogen-bond donors (Lipinski definition) is 2. The number of phenols is 1. The second-order valence-electron chi connectivity index (χ2n) is 5.54. The van der Waals surface area contributed by atoms with Crippen LogP contribution in [0.3, 0.4) is 0 Å². The molecular weight excluding hydrogens is 353 g/mol. The fraction of sp³-hybridized carbons (Fsp3) is 0.176. The van der Waals surface area contributed by atoms with Gasteiger partial charge in [0.2, 0.25) is 0 Å². The first kappa shape index (κ1) is 17.4. The highest BCUT2D eigenvalue weighted by Gasteiger charge is 2.62. The van der Waals surface area contributed by atoms with Crippen LogP contribution in [0.2, 0.25) is 0 Å². The Labute approximate surface area is 146 Å². The Hall–Kier alpha value is -2.45. The molecular formula is C17H13F3N2O2S. The SMILES string of the molecule is Oc1ccccc1C(=S)N1N=C(c2ccccc2)C[C@@]1(O)C(F)(F)F. The summed E-state index contributed by atoms with van der Waals surface area (Å²) in [5.41, 5.74) is -2.79. The first-order chi connectivity index (χ1) is 11.7. The summed E-state index contributed by atoms with van der Waals surface area (Å²) in [4.78, 5) is -0.413. The highest BCUT2D eigenvalue weighted by molar-refractivity contribution is 7.80. The molecule has 0 spiro atoms. The van der Waals surface area contributed by atoms with E-state index in [0.717, 1.165) is 0 Å². The van der Waals surface area contributed by atoms with Crippen LogP contribution in [0.1, 0.15) is 17.5 Å². The minimum absolute atomic E-state index is 0.0155. The van der Waals surface area contributed by atoms with Gasteiger partial charge < -0.3 is 10.2 Å². The normalized spacial score (nSPS) is 20.5. The largest absolute Gasteiger partial charge is 0.507 e. The average Bonchev–Trinajstić information content (AvgIpc) is 2.94. The number of para-hydroxylation sites is 1. The van der Waals surface area contributed by atoms with Crippen LogP contribution in [0.25, 0.3) is 0 Å². The molecule has 4 nitrogen and oxygen atoms in total. The van der Waals surface area contributed by atoms with Gasteiger partial charge >= 0.3 is 6.18 Å². The highest BCUT2D eigenvalue weighted by atomic mass is 32.1. The summed E-state index contributed by atoms with van der Waals surface area (Å²) in [6.45, 7) is 0. The van der Waals surface area contributed by atoms with Gasteiger partial charge in [-0.25, -0.2) is 5.01 Å². The number of phenolic OH excluding ortho intramolecular Hbond substituents is 1. The molecule has 3 rings (SSSR count). The zero-order chi connectivity index (χ0) is 18.2. The van der Waals surface area contributed by atoms with Crippen molar-refractivity contribution >= 4 is 22.9 Å². The van der Waals surface area contributed by atoms with E-state index in [-0.39, 0.29) is 17.0 Å². The van der Waals surface area contributed by atoms with E-state index in [1.165, 1.54) is 24.3 Å². The van der Waals surface area contributed by atoms with Crippen LogP contribution >= 0.6 is 12.2 Å². The van der Waals surface area contributed by atoms with Crippen molar-refractivity contribution < 1.29 is 23.4 Å². The third-order valence-electron chi connectivity index (χ3n) is 3.87. The lowest BCUT2D eigenvalue weighted by Crippen LogP contribution is -2.56. The fourth-order valence-corrected chi connectivity index (χ4v) is 2.90. The molecule has 1 aliphatic rings. The Morgan fingerprint density at radius 3 is 2.28 bits per heavy atom. The smallest absolute Gasteiger partial charge is 0.438 e. The third-order valence-corrected chi connectivity index (χ3v) is 4.27. The third kappa shape index (κ3) is 2.98. The standard InChI is InChI=1S/C17H13F3N2O2S/c18-17(19,20)16(24)10-13(11-6-2-1-3-7-11)21-22(16)15(25)12-8-4-5-9-14(12)23/h1-9,23-24H,10H2/t16-/m1/s1. The molecule has 0 unspecified atom stereocenters. The van der Waals surface area contributed by atoms with Crippen LogP contribution < -0.4 is 0 Å². The van der Waals surface area contributed by atoms with Gasteiger partial charge in [0.15, 0.2) is 0 Å². The Balaban J connectivity index is 2.08. The molecule has 0 amide bonds.